The zero-order valence-electron chi connectivity index (χ0n) is 8.71. The van der Waals surface area contributed by atoms with Crippen LogP contribution < -0.4 is 0 Å². The molecule has 17 heavy (non-hydrogen) atoms. The lowest BCUT2D eigenvalue weighted by molar-refractivity contribution is 0.175. The van der Waals surface area contributed by atoms with E-state index in [2.05, 4.69) is 20.9 Å². The second kappa shape index (κ2) is 4.29. The molecule has 3 aromatic heterocycles. The Balaban J connectivity index is 1.83. The minimum atomic E-state index is -0.604. The summed E-state index contributed by atoms with van der Waals surface area (Å²) >= 11 is 4.84. The molecule has 0 aliphatic carbocycles. The highest BCUT2D eigenvalue weighted by Crippen LogP contribution is 2.27. The number of hydrogen-bond donors (Lipinski definition) is 1. The molecule has 1 unspecified atom stereocenters. The number of rotatable bonds is 3. The molecule has 6 heteroatoms. The molecule has 0 saturated heterocycles. The van der Waals surface area contributed by atoms with Crippen molar-refractivity contribution in [1.82, 2.24) is 9.38 Å². The van der Waals surface area contributed by atoms with E-state index in [0.29, 0.717) is 11.1 Å². The maximum Gasteiger partial charge on any atom is 0.193 e. The third-order valence-electron chi connectivity index (χ3n) is 2.55. The van der Waals surface area contributed by atoms with Crippen molar-refractivity contribution in [3.05, 3.63) is 46.0 Å². The van der Waals surface area contributed by atoms with Gasteiger partial charge in [0.1, 0.15) is 0 Å². The van der Waals surface area contributed by atoms with Crippen molar-refractivity contribution in [1.29, 1.82) is 0 Å². The van der Waals surface area contributed by atoms with Gasteiger partial charge in [-0.2, -0.15) is 0 Å². The van der Waals surface area contributed by atoms with Crippen LogP contribution in [0.1, 0.15) is 17.4 Å². The number of aliphatic hydroxyl groups excluding tert-OH is 1. The molecule has 3 heterocycles. The van der Waals surface area contributed by atoms with E-state index in [9.17, 15) is 5.11 Å². The lowest BCUT2D eigenvalue weighted by Crippen LogP contribution is -2.01. The number of furan rings is 1. The largest absolute Gasteiger partial charge is 0.457 e. The van der Waals surface area contributed by atoms with Crippen molar-refractivity contribution in [2.75, 3.05) is 0 Å². The molecule has 4 nitrogen and oxygen atoms in total. The van der Waals surface area contributed by atoms with Crippen LogP contribution in [-0.4, -0.2) is 14.5 Å². The van der Waals surface area contributed by atoms with Crippen LogP contribution in [0.15, 0.2) is 39.2 Å². The molecule has 1 N–H and O–H groups in total. The Hall–Kier alpha value is -1.11. The lowest BCUT2D eigenvalue weighted by atomic mass is 10.1. The van der Waals surface area contributed by atoms with E-state index in [1.165, 1.54) is 0 Å². The Morgan fingerprint density at radius 2 is 2.47 bits per heavy atom. The van der Waals surface area contributed by atoms with Gasteiger partial charge in [-0.3, -0.25) is 4.40 Å². The van der Waals surface area contributed by atoms with Crippen LogP contribution in [0.25, 0.3) is 4.96 Å². The van der Waals surface area contributed by atoms with Crippen molar-refractivity contribution in [3.8, 4) is 0 Å². The van der Waals surface area contributed by atoms with Crippen molar-refractivity contribution in [3.63, 3.8) is 0 Å². The maximum atomic E-state index is 10.1. The quantitative estimate of drug-likeness (QED) is 0.808. The average Bonchev–Trinajstić information content (AvgIpc) is 2.92. The van der Waals surface area contributed by atoms with Gasteiger partial charge in [0.25, 0.3) is 0 Å². The van der Waals surface area contributed by atoms with Gasteiger partial charge in [-0.1, -0.05) is 0 Å². The molecule has 0 spiro atoms. The molecular formula is C11H9BrN2O2S. The van der Waals surface area contributed by atoms with Gasteiger partial charge in [0.2, 0.25) is 0 Å². The summed E-state index contributed by atoms with van der Waals surface area (Å²) in [6.45, 7) is 0. The van der Waals surface area contributed by atoms with Gasteiger partial charge >= 0.3 is 0 Å². The van der Waals surface area contributed by atoms with Gasteiger partial charge in [-0.15, -0.1) is 11.3 Å². The average molecular weight is 313 g/mol. The van der Waals surface area contributed by atoms with Gasteiger partial charge in [-0.05, 0) is 22.0 Å². The molecule has 0 aromatic carbocycles. The first kappa shape index (κ1) is 11.0. The van der Waals surface area contributed by atoms with Crippen molar-refractivity contribution in [2.45, 2.75) is 12.5 Å². The van der Waals surface area contributed by atoms with Crippen LogP contribution >= 0.6 is 27.3 Å². The number of aromatic nitrogens is 2. The molecule has 0 aliphatic heterocycles. The fourth-order valence-electron chi connectivity index (χ4n) is 1.73. The molecule has 0 aliphatic rings. The molecule has 0 amide bonds. The highest BCUT2D eigenvalue weighted by atomic mass is 79.9. The standard InChI is InChI=1S/C11H9BrN2O2S/c12-10-8(1-3-16-10)9(15)5-7-6-14-2-4-17-11(14)13-7/h1-4,6,9,15H,5H2. The zero-order valence-corrected chi connectivity index (χ0v) is 11.1. The molecule has 0 radical (unpaired) electrons. The molecule has 1 atom stereocenters. The zero-order chi connectivity index (χ0) is 11.8. The highest BCUT2D eigenvalue weighted by molar-refractivity contribution is 9.10. The molecule has 0 saturated carbocycles. The van der Waals surface area contributed by atoms with Gasteiger partial charge in [-0.25, -0.2) is 4.98 Å². The summed E-state index contributed by atoms with van der Waals surface area (Å²) in [5.74, 6) is 0. The van der Waals surface area contributed by atoms with Gasteiger partial charge in [0.15, 0.2) is 9.63 Å². The monoisotopic (exact) mass is 312 g/mol. The molecule has 0 fully saturated rings. The number of halogens is 1. The van der Waals surface area contributed by atoms with Crippen LogP contribution in [0.5, 0.6) is 0 Å². The number of nitrogens with zero attached hydrogens (tertiary/aromatic N) is 2. The molecule has 0 bridgehead atoms. The minimum Gasteiger partial charge on any atom is -0.457 e. The summed E-state index contributed by atoms with van der Waals surface area (Å²) in [5, 5.41) is 12.1. The number of imidazole rings is 1. The van der Waals surface area contributed by atoms with E-state index in [0.717, 1.165) is 16.2 Å². The first-order valence-electron chi connectivity index (χ1n) is 5.06. The molecule has 88 valence electrons. The van der Waals surface area contributed by atoms with Crippen molar-refractivity contribution >= 4 is 32.2 Å². The normalized spacial score (nSPS) is 13.3. The molecule has 3 aromatic rings. The highest BCUT2D eigenvalue weighted by Gasteiger charge is 2.16. The Morgan fingerprint density at radius 3 is 3.18 bits per heavy atom. The number of fused-ring (bicyclic) bond motifs is 1. The predicted molar refractivity (Wildman–Crippen MR) is 68.1 cm³/mol. The Kier molecular flexibility index (Phi) is 2.78. The summed E-state index contributed by atoms with van der Waals surface area (Å²) in [4.78, 5) is 5.37. The fourth-order valence-corrected chi connectivity index (χ4v) is 2.95. The summed E-state index contributed by atoms with van der Waals surface area (Å²) in [6.07, 6.45) is 5.31. The third kappa shape index (κ3) is 2.03. The van der Waals surface area contributed by atoms with Crippen molar-refractivity contribution in [2.24, 2.45) is 0 Å². The van der Waals surface area contributed by atoms with Crippen LogP contribution in [0.3, 0.4) is 0 Å². The number of hydrogen-bond acceptors (Lipinski definition) is 4. The smallest absolute Gasteiger partial charge is 0.193 e. The predicted octanol–water partition coefficient (Wildman–Crippen LogP) is 3.03. The van der Waals surface area contributed by atoms with E-state index < -0.39 is 6.10 Å². The summed E-state index contributed by atoms with van der Waals surface area (Å²) in [7, 11) is 0. The van der Waals surface area contributed by atoms with Crippen LogP contribution in [0, 0.1) is 0 Å². The third-order valence-corrected chi connectivity index (χ3v) is 3.97. The number of aliphatic hydroxyl groups is 1. The van der Waals surface area contributed by atoms with E-state index in [4.69, 9.17) is 4.42 Å². The van der Waals surface area contributed by atoms with Crippen LogP contribution in [-0.2, 0) is 6.42 Å². The van der Waals surface area contributed by atoms with E-state index >= 15 is 0 Å². The SMILES string of the molecule is OC(Cc1cn2ccsc2n1)c1ccoc1Br. The molecule has 3 rings (SSSR count). The maximum absolute atomic E-state index is 10.1. The first-order chi connectivity index (χ1) is 8.24. The Labute approximate surface area is 110 Å². The number of thiazole rings is 1. The summed E-state index contributed by atoms with van der Waals surface area (Å²) in [6, 6.07) is 1.76. The summed E-state index contributed by atoms with van der Waals surface area (Å²) in [5.41, 5.74) is 1.62. The van der Waals surface area contributed by atoms with Gasteiger partial charge in [0.05, 0.1) is 18.1 Å². The van der Waals surface area contributed by atoms with Crippen LogP contribution in [0.4, 0.5) is 0 Å². The Morgan fingerprint density at radius 1 is 1.59 bits per heavy atom. The second-order valence-electron chi connectivity index (χ2n) is 3.69. The minimum absolute atomic E-state index is 0.479. The Bertz CT molecular complexity index is 614. The lowest BCUT2D eigenvalue weighted by Gasteiger charge is -2.06. The van der Waals surface area contributed by atoms with Crippen LogP contribution in [0.2, 0.25) is 0 Å². The van der Waals surface area contributed by atoms with Crippen molar-refractivity contribution < 1.29 is 9.52 Å². The first-order valence-corrected chi connectivity index (χ1v) is 6.73. The fraction of sp³-hybridized carbons (Fsp3) is 0.182. The van der Waals surface area contributed by atoms with Gasteiger partial charge in [0, 0.05) is 29.8 Å². The van der Waals surface area contributed by atoms with E-state index in [-0.39, 0.29) is 0 Å². The van der Waals surface area contributed by atoms with E-state index in [1.54, 1.807) is 23.7 Å². The second-order valence-corrected chi connectivity index (χ2v) is 5.29. The van der Waals surface area contributed by atoms with E-state index in [1.807, 2.05) is 22.2 Å². The topological polar surface area (TPSA) is 50.7 Å². The van der Waals surface area contributed by atoms with Gasteiger partial charge < -0.3 is 9.52 Å². The summed E-state index contributed by atoms with van der Waals surface area (Å²) < 4.78 is 7.63. The molecular weight excluding hydrogens is 304 g/mol.